The molecule has 0 saturated heterocycles. The topological polar surface area (TPSA) is 50.4 Å². The molecule has 4 heteroatoms. The van der Waals surface area contributed by atoms with E-state index in [1.807, 2.05) is 38.1 Å². The monoisotopic (exact) mass is 303 g/mol. The molecular formula is C10H14IN3. The first kappa shape index (κ1) is 11.3. The largest absolute Gasteiger partial charge is 0.370 e. The van der Waals surface area contributed by atoms with Gasteiger partial charge in [0.05, 0.1) is 0 Å². The summed E-state index contributed by atoms with van der Waals surface area (Å²) in [6.45, 7) is 3.98. The van der Waals surface area contributed by atoms with Crippen LogP contribution in [0.3, 0.4) is 0 Å². The summed E-state index contributed by atoms with van der Waals surface area (Å²) in [6.07, 6.45) is 0. The molecule has 76 valence electrons. The lowest BCUT2D eigenvalue weighted by Gasteiger charge is -2.06. The summed E-state index contributed by atoms with van der Waals surface area (Å²) in [5.74, 6) is 0.460. The Bertz CT molecular complexity index is 334. The van der Waals surface area contributed by atoms with Gasteiger partial charge in [-0.2, -0.15) is 0 Å². The average molecular weight is 303 g/mol. The number of rotatable bonds is 2. The summed E-state index contributed by atoms with van der Waals surface area (Å²) >= 11 is 2.26. The molecule has 0 amide bonds. The Hall–Kier alpha value is -0.780. The van der Waals surface area contributed by atoms with Crippen LogP contribution < -0.4 is 11.1 Å². The molecule has 14 heavy (non-hydrogen) atoms. The van der Waals surface area contributed by atoms with Crippen molar-refractivity contribution in [2.75, 3.05) is 5.32 Å². The summed E-state index contributed by atoms with van der Waals surface area (Å²) in [6, 6.07) is 8.20. The molecule has 1 aromatic carbocycles. The average Bonchev–Trinajstić information content (AvgIpc) is 2.01. The fraction of sp³-hybridized carbons (Fsp3) is 0.300. The van der Waals surface area contributed by atoms with Crippen LogP contribution in [0.5, 0.6) is 0 Å². The van der Waals surface area contributed by atoms with Crippen molar-refractivity contribution in [2.24, 2.45) is 10.7 Å². The molecule has 0 fully saturated rings. The fourth-order valence-electron chi connectivity index (χ4n) is 1.02. The number of aliphatic imine (C=N–C) groups is 1. The van der Waals surface area contributed by atoms with Gasteiger partial charge in [-0.3, -0.25) is 4.99 Å². The van der Waals surface area contributed by atoms with Crippen molar-refractivity contribution in [3.05, 3.63) is 27.8 Å². The lowest BCUT2D eigenvalue weighted by atomic mass is 10.3. The number of hydrogen-bond acceptors (Lipinski definition) is 1. The molecule has 1 rings (SSSR count). The number of hydrogen-bond donors (Lipinski definition) is 2. The molecule has 0 bridgehead atoms. The van der Waals surface area contributed by atoms with Gasteiger partial charge in [-0.25, -0.2) is 0 Å². The maximum Gasteiger partial charge on any atom is 0.193 e. The van der Waals surface area contributed by atoms with Crippen molar-refractivity contribution < 1.29 is 0 Å². The van der Waals surface area contributed by atoms with Gasteiger partial charge in [-0.05, 0) is 54.6 Å². The molecule has 3 N–H and O–H groups in total. The first-order chi connectivity index (χ1) is 6.58. The Kier molecular flexibility index (Phi) is 4.19. The molecule has 0 aromatic heterocycles. The van der Waals surface area contributed by atoms with Gasteiger partial charge in [0.15, 0.2) is 5.96 Å². The summed E-state index contributed by atoms with van der Waals surface area (Å²) in [7, 11) is 0. The third-order valence-electron chi connectivity index (χ3n) is 1.49. The molecule has 0 aliphatic heterocycles. The van der Waals surface area contributed by atoms with Gasteiger partial charge in [0.2, 0.25) is 0 Å². The Morgan fingerprint density at radius 3 is 2.79 bits per heavy atom. The smallest absolute Gasteiger partial charge is 0.193 e. The molecule has 3 nitrogen and oxygen atoms in total. The van der Waals surface area contributed by atoms with E-state index in [4.69, 9.17) is 5.73 Å². The van der Waals surface area contributed by atoms with E-state index in [0.29, 0.717) is 5.96 Å². The molecule has 0 radical (unpaired) electrons. The zero-order valence-corrected chi connectivity index (χ0v) is 10.4. The zero-order chi connectivity index (χ0) is 10.6. The number of benzene rings is 1. The fourth-order valence-corrected chi connectivity index (χ4v) is 1.57. The van der Waals surface area contributed by atoms with Gasteiger partial charge in [0.25, 0.3) is 0 Å². The Morgan fingerprint density at radius 2 is 2.21 bits per heavy atom. The van der Waals surface area contributed by atoms with E-state index in [1.54, 1.807) is 0 Å². The Balaban J connectivity index is 2.69. The number of nitrogens with one attached hydrogen (secondary N) is 1. The highest BCUT2D eigenvalue weighted by molar-refractivity contribution is 14.1. The highest BCUT2D eigenvalue weighted by Gasteiger charge is 1.96. The lowest BCUT2D eigenvalue weighted by Crippen LogP contribution is -2.23. The highest BCUT2D eigenvalue weighted by Crippen LogP contribution is 2.11. The van der Waals surface area contributed by atoms with Gasteiger partial charge in [-0.15, -0.1) is 0 Å². The number of anilines is 1. The third kappa shape index (κ3) is 3.95. The minimum atomic E-state index is 0.213. The van der Waals surface area contributed by atoms with Crippen molar-refractivity contribution in [3.63, 3.8) is 0 Å². The second kappa shape index (κ2) is 5.19. The van der Waals surface area contributed by atoms with Gasteiger partial charge in [0.1, 0.15) is 0 Å². The van der Waals surface area contributed by atoms with Crippen LogP contribution in [0, 0.1) is 3.57 Å². The van der Waals surface area contributed by atoms with E-state index < -0.39 is 0 Å². The summed E-state index contributed by atoms with van der Waals surface area (Å²) in [5.41, 5.74) is 6.66. The third-order valence-corrected chi connectivity index (χ3v) is 2.17. The zero-order valence-electron chi connectivity index (χ0n) is 8.29. The Morgan fingerprint density at radius 1 is 1.50 bits per heavy atom. The van der Waals surface area contributed by atoms with Crippen LogP contribution in [0.4, 0.5) is 5.69 Å². The highest BCUT2D eigenvalue weighted by atomic mass is 127. The number of nitrogens with two attached hydrogens (primary N) is 1. The van der Waals surface area contributed by atoms with Crippen LogP contribution >= 0.6 is 22.6 Å². The molecule has 0 saturated carbocycles. The van der Waals surface area contributed by atoms with Crippen LogP contribution in [0.25, 0.3) is 0 Å². The first-order valence-corrected chi connectivity index (χ1v) is 5.51. The van der Waals surface area contributed by atoms with Crippen molar-refractivity contribution >= 4 is 34.2 Å². The van der Waals surface area contributed by atoms with Crippen molar-refractivity contribution in [3.8, 4) is 0 Å². The van der Waals surface area contributed by atoms with E-state index in [2.05, 4.69) is 32.9 Å². The van der Waals surface area contributed by atoms with Gasteiger partial charge in [-0.1, -0.05) is 6.07 Å². The van der Waals surface area contributed by atoms with Gasteiger partial charge >= 0.3 is 0 Å². The second-order valence-electron chi connectivity index (χ2n) is 3.24. The van der Waals surface area contributed by atoms with E-state index >= 15 is 0 Å². The van der Waals surface area contributed by atoms with Gasteiger partial charge in [0, 0.05) is 15.3 Å². The van der Waals surface area contributed by atoms with Crippen LogP contribution in [-0.2, 0) is 0 Å². The number of guanidine groups is 1. The van der Waals surface area contributed by atoms with Crippen LogP contribution in [0.2, 0.25) is 0 Å². The van der Waals surface area contributed by atoms with Crippen LogP contribution in [-0.4, -0.2) is 12.0 Å². The SMILES string of the molecule is CC(C)N=C(N)Nc1cccc(I)c1. The van der Waals surface area contributed by atoms with Crippen molar-refractivity contribution in [1.82, 2.24) is 0 Å². The normalized spacial score (nSPS) is 11.9. The van der Waals surface area contributed by atoms with E-state index in [1.165, 1.54) is 3.57 Å². The predicted molar refractivity (Wildman–Crippen MR) is 69.5 cm³/mol. The minimum absolute atomic E-state index is 0.213. The Labute approximate surface area is 97.9 Å². The van der Waals surface area contributed by atoms with Gasteiger partial charge < -0.3 is 11.1 Å². The molecule has 0 aliphatic carbocycles. The molecule has 0 spiro atoms. The summed E-state index contributed by atoms with van der Waals surface area (Å²) < 4.78 is 1.17. The summed E-state index contributed by atoms with van der Waals surface area (Å²) in [5, 5.41) is 3.04. The molecule has 1 aromatic rings. The molecule has 0 unspecified atom stereocenters. The van der Waals surface area contributed by atoms with Crippen LogP contribution in [0.1, 0.15) is 13.8 Å². The van der Waals surface area contributed by atoms with E-state index in [0.717, 1.165) is 5.69 Å². The number of halogens is 1. The number of nitrogens with zero attached hydrogens (tertiary/aromatic N) is 1. The molecule has 0 aliphatic rings. The summed E-state index contributed by atoms with van der Waals surface area (Å²) in [4.78, 5) is 4.18. The maximum absolute atomic E-state index is 5.69. The first-order valence-electron chi connectivity index (χ1n) is 4.44. The van der Waals surface area contributed by atoms with E-state index in [-0.39, 0.29) is 6.04 Å². The predicted octanol–water partition coefficient (Wildman–Crippen LogP) is 2.43. The van der Waals surface area contributed by atoms with Crippen molar-refractivity contribution in [2.45, 2.75) is 19.9 Å². The molecule has 0 heterocycles. The standard InChI is InChI=1S/C10H14IN3/c1-7(2)13-10(12)14-9-5-3-4-8(11)6-9/h3-7H,1-2H3,(H3,12,13,14). The van der Waals surface area contributed by atoms with E-state index in [9.17, 15) is 0 Å². The van der Waals surface area contributed by atoms with Crippen molar-refractivity contribution in [1.29, 1.82) is 0 Å². The quantitative estimate of drug-likeness (QED) is 0.501. The molecule has 0 atom stereocenters. The lowest BCUT2D eigenvalue weighted by molar-refractivity contribution is 0.833. The molecular weight excluding hydrogens is 289 g/mol. The van der Waals surface area contributed by atoms with Crippen LogP contribution in [0.15, 0.2) is 29.3 Å². The maximum atomic E-state index is 5.69. The second-order valence-corrected chi connectivity index (χ2v) is 4.49. The minimum Gasteiger partial charge on any atom is -0.370 e.